The minimum Gasteiger partial charge on any atom is -0.379 e. The van der Waals surface area contributed by atoms with Crippen molar-refractivity contribution in [2.75, 3.05) is 50.0 Å². The summed E-state index contributed by atoms with van der Waals surface area (Å²) in [5.74, 6) is 0.171. The third-order valence-corrected chi connectivity index (χ3v) is 6.77. The van der Waals surface area contributed by atoms with Gasteiger partial charge in [0.1, 0.15) is 10.3 Å². The molecule has 1 saturated carbocycles. The second kappa shape index (κ2) is 10.5. The largest absolute Gasteiger partial charge is 0.379 e. The Kier molecular flexibility index (Phi) is 6.98. The van der Waals surface area contributed by atoms with E-state index in [9.17, 15) is 9.59 Å². The number of hydrogen-bond donors (Lipinski definition) is 3. The summed E-state index contributed by atoms with van der Waals surface area (Å²) in [6, 6.07) is 11.2. The molecule has 178 valence electrons. The summed E-state index contributed by atoms with van der Waals surface area (Å²) in [5, 5.41) is 9.29. The van der Waals surface area contributed by atoms with Gasteiger partial charge in [-0.05, 0) is 50.1 Å². The number of thiazole rings is 1. The Hall–Kier alpha value is -3.08. The van der Waals surface area contributed by atoms with E-state index in [4.69, 9.17) is 9.72 Å². The minimum absolute atomic E-state index is 0.0393. The second-order valence-corrected chi connectivity index (χ2v) is 9.55. The van der Waals surface area contributed by atoms with Crippen LogP contribution in [-0.2, 0) is 9.53 Å². The molecule has 0 radical (unpaired) electrons. The van der Waals surface area contributed by atoms with Gasteiger partial charge in [-0.25, -0.2) is 14.8 Å². The molecule has 2 aromatic heterocycles. The topological polar surface area (TPSA) is 108 Å². The maximum Gasteiger partial charge on any atom is 0.319 e. The highest BCUT2D eigenvalue weighted by atomic mass is 32.1. The molecule has 0 unspecified atom stereocenters. The third-order valence-electron chi connectivity index (χ3n) is 5.89. The number of anilines is 2. The Balaban J connectivity index is 1.16. The number of amides is 3. The average molecular weight is 481 g/mol. The average Bonchev–Trinajstić information content (AvgIpc) is 3.63. The van der Waals surface area contributed by atoms with Crippen molar-refractivity contribution in [2.45, 2.75) is 19.3 Å². The molecule has 9 nitrogen and oxygen atoms in total. The van der Waals surface area contributed by atoms with E-state index in [0.717, 1.165) is 73.7 Å². The highest BCUT2D eigenvalue weighted by Crippen LogP contribution is 2.32. The number of hydrogen-bond acceptors (Lipinski definition) is 7. The lowest BCUT2D eigenvalue weighted by atomic mass is 10.1. The number of aromatic nitrogens is 2. The Morgan fingerprint density at radius 1 is 1.09 bits per heavy atom. The van der Waals surface area contributed by atoms with Crippen LogP contribution < -0.4 is 16.0 Å². The molecule has 1 aromatic carbocycles. The lowest BCUT2D eigenvalue weighted by Gasteiger charge is -2.26. The predicted octanol–water partition coefficient (Wildman–Crippen LogP) is 3.55. The monoisotopic (exact) mass is 480 g/mol. The molecule has 34 heavy (non-hydrogen) atoms. The molecule has 1 aliphatic carbocycles. The standard InChI is InChI=1S/C24H28N6O3S/c31-21(16-5-6-16)29-24-28-20-8-7-19(27-22(20)34-24)17-3-1-4-18(15-17)26-23(32)25-9-2-10-30-11-13-33-14-12-30/h1,3-4,7-8,15-16H,2,5-6,9-14H2,(H2,25,26,32)(H,28,29,31). The number of carbonyl (C=O) groups is 2. The molecular formula is C24H28N6O3S. The Morgan fingerprint density at radius 3 is 2.76 bits per heavy atom. The van der Waals surface area contributed by atoms with Gasteiger partial charge in [0.25, 0.3) is 0 Å². The SMILES string of the molecule is O=C(NCCCN1CCOCC1)Nc1cccc(-c2ccc3nc(NC(=O)C4CC4)sc3n2)c1. The Morgan fingerprint density at radius 2 is 1.94 bits per heavy atom. The predicted molar refractivity (Wildman–Crippen MR) is 133 cm³/mol. The summed E-state index contributed by atoms with van der Waals surface area (Å²) >= 11 is 1.37. The van der Waals surface area contributed by atoms with Crippen molar-refractivity contribution < 1.29 is 14.3 Å². The van der Waals surface area contributed by atoms with Gasteiger partial charge < -0.3 is 20.7 Å². The number of urea groups is 1. The lowest BCUT2D eigenvalue weighted by molar-refractivity contribution is -0.117. The number of rotatable bonds is 8. The summed E-state index contributed by atoms with van der Waals surface area (Å²) in [6.07, 6.45) is 2.81. The first-order valence-corrected chi connectivity index (χ1v) is 12.5. The third kappa shape index (κ3) is 5.88. The summed E-state index contributed by atoms with van der Waals surface area (Å²) in [5.41, 5.74) is 3.13. The van der Waals surface area contributed by atoms with Crippen molar-refractivity contribution in [2.24, 2.45) is 5.92 Å². The van der Waals surface area contributed by atoms with Gasteiger partial charge in [-0.3, -0.25) is 9.69 Å². The summed E-state index contributed by atoms with van der Waals surface area (Å²) in [7, 11) is 0. The molecule has 3 N–H and O–H groups in total. The zero-order valence-electron chi connectivity index (χ0n) is 18.9. The van der Waals surface area contributed by atoms with Gasteiger partial charge in [-0.15, -0.1) is 0 Å². The van der Waals surface area contributed by atoms with Gasteiger partial charge in [-0.1, -0.05) is 23.5 Å². The van der Waals surface area contributed by atoms with Crippen LogP contribution in [-0.4, -0.2) is 66.2 Å². The molecule has 2 aliphatic rings. The Bertz CT molecular complexity index is 1170. The number of ether oxygens (including phenoxy) is 1. The van der Waals surface area contributed by atoms with Gasteiger partial charge in [-0.2, -0.15) is 0 Å². The molecule has 3 amide bonds. The van der Waals surface area contributed by atoms with Crippen LogP contribution in [0.3, 0.4) is 0 Å². The number of carbonyl (C=O) groups excluding carboxylic acids is 2. The van der Waals surface area contributed by atoms with Crippen LogP contribution in [0.4, 0.5) is 15.6 Å². The van der Waals surface area contributed by atoms with Crippen LogP contribution in [0.5, 0.6) is 0 Å². The molecule has 1 aliphatic heterocycles. The van der Waals surface area contributed by atoms with E-state index in [2.05, 4.69) is 25.8 Å². The van der Waals surface area contributed by atoms with Crippen LogP contribution in [0.15, 0.2) is 36.4 Å². The van der Waals surface area contributed by atoms with Gasteiger partial charge in [0.2, 0.25) is 5.91 Å². The molecule has 2 fully saturated rings. The van der Waals surface area contributed by atoms with E-state index < -0.39 is 0 Å². The van der Waals surface area contributed by atoms with Crippen molar-refractivity contribution in [3.8, 4) is 11.3 Å². The zero-order chi connectivity index (χ0) is 23.3. The maximum atomic E-state index is 12.3. The van der Waals surface area contributed by atoms with Crippen molar-refractivity contribution in [1.29, 1.82) is 0 Å². The van der Waals surface area contributed by atoms with Crippen molar-refractivity contribution in [1.82, 2.24) is 20.2 Å². The van der Waals surface area contributed by atoms with Crippen molar-refractivity contribution in [3.63, 3.8) is 0 Å². The molecule has 3 heterocycles. The number of morpholine rings is 1. The van der Waals surface area contributed by atoms with E-state index in [1.54, 1.807) is 0 Å². The first kappa shape index (κ1) is 22.7. The number of nitrogens with zero attached hydrogens (tertiary/aromatic N) is 3. The lowest BCUT2D eigenvalue weighted by Crippen LogP contribution is -2.38. The number of fused-ring (bicyclic) bond motifs is 1. The summed E-state index contributed by atoms with van der Waals surface area (Å²) in [6.45, 7) is 5.05. The molecule has 0 spiro atoms. The minimum atomic E-state index is -0.221. The van der Waals surface area contributed by atoms with Crippen LogP contribution >= 0.6 is 11.3 Å². The van der Waals surface area contributed by atoms with Gasteiger partial charge in [0.15, 0.2) is 5.13 Å². The number of nitrogens with one attached hydrogen (secondary N) is 3. The Labute approximate surface area is 201 Å². The highest BCUT2D eigenvalue weighted by Gasteiger charge is 2.30. The molecule has 0 bridgehead atoms. The molecule has 3 aromatic rings. The molecule has 5 rings (SSSR count). The maximum absolute atomic E-state index is 12.3. The first-order chi connectivity index (χ1) is 16.6. The van der Waals surface area contributed by atoms with Crippen molar-refractivity contribution >= 4 is 44.4 Å². The van der Waals surface area contributed by atoms with E-state index in [1.807, 2.05) is 36.4 Å². The van der Waals surface area contributed by atoms with E-state index in [0.29, 0.717) is 17.4 Å². The molecular weight excluding hydrogens is 452 g/mol. The second-order valence-electron chi connectivity index (χ2n) is 8.57. The fourth-order valence-electron chi connectivity index (χ4n) is 3.85. The number of pyridine rings is 1. The van der Waals surface area contributed by atoms with Crippen LogP contribution in [0.2, 0.25) is 0 Å². The zero-order valence-corrected chi connectivity index (χ0v) is 19.7. The van der Waals surface area contributed by atoms with Gasteiger partial charge in [0, 0.05) is 36.8 Å². The summed E-state index contributed by atoms with van der Waals surface area (Å²) in [4.78, 5) is 36.6. The van der Waals surface area contributed by atoms with E-state index >= 15 is 0 Å². The highest BCUT2D eigenvalue weighted by molar-refractivity contribution is 7.22. The van der Waals surface area contributed by atoms with Crippen molar-refractivity contribution in [3.05, 3.63) is 36.4 Å². The molecule has 0 atom stereocenters. The normalized spacial score (nSPS) is 16.4. The number of benzene rings is 1. The first-order valence-electron chi connectivity index (χ1n) is 11.7. The van der Waals surface area contributed by atoms with Crippen LogP contribution in [0, 0.1) is 5.92 Å². The van der Waals surface area contributed by atoms with Crippen LogP contribution in [0.25, 0.3) is 21.6 Å². The van der Waals surface area contributed by atoms with Gasteiger partial charge >= 0.3 is 6.03 Å². The molecule has 1 saturated heterocycles. The van der Waals surface area contributed by atoms with Gasteiger partial charge in [0.05, 0.1) is 18.9 Å². The fraction of sp³-hybridized carbons (Fsp3) is 0.417. The quantitative estimate of drug-likeness (QED) is 0.426. The fourth-order valence-corrected chi connectivity index (χ4v) is 4.69. The van der Waals surface area contributed by atoms with E-state index in [1.165, 1.54) is 11.3 Å². The smallest absolute Gasteiger partial charge is 0.319 e. The summed E-state index contributed by atoms with van der Waals surface area (Å²) < 4.78 is 5.35. The molecule has 10 heteroatoms. The van der Waals surface area contributed by atoms with Crippen LogP contribution in [0.1, 0.15) is 19.3 Å². The van der Waals surface area contributed by atoms with E-state index in [-0.39, 0.29) is 17.9 Å².